The molecule has 0 spiro atoms. The fourth-order valence-corrected chi connectivity index (χ4v) is 2.92. The Balaban J connectivity index is 2.98. The zero-order chi connectivity index (χ0) is 12.3. The molecule has 1 aromatic rings. The van der Waals surface area contributed by atoms with Gasteiger partial charge in [-0.15, -0.1) is 0 Å². The van der Waals surface area contributed by atoms with E-state index >= 15 is 0 Å². The summed E-state index contributed by atoms with van der Waals surface area (Å²) in [6.45, 7) is 3.76. The van der Waals surface area contributed by atoms with Crippen LogP contribution in [0.4, 0.5) is 11.4 Å². The van der Waals surface area contributed by atoms with Crippen molar-refractivity contribution in [3.63, 3.8) is 0 Å². The second kappa shape index (κ2) is 4.74. The summed E-state index contributed by atoms with van der Waals surface area (Å²) in [6.07, 6.45) is 0. The van der Waals surface area contributed by atoms with E-state index in [1.165, 1.54) is 4.31 Å². The Hall–Kier alpha value is -1.23. The quantitative estimate of drug-likeness (QED) is 0.817. The summed E-state index contributed by atoms with van der Waals surface area (Å²) < 4.78 is 25.2. The van der Waals surface area contributed by atoms with Gasteiger partial charge in [-0.05, 0) is 24.1 Å². The largest absolute Gasteiger partial charge is 0.399 e. The van der Waals surface area contributed by atoms with E-state index in [2.05, 4.69) is 0 Å². The highest BCUT2D eigenvalue weighted by atomic mass is 32.2. The molecule has 0 saturated heterocycles. The number of benzene rings is 1. The predicted molar refractivity (Wildman–Crippen MR) is 67.9 cm³/mol. The first-order valence-electron chi connectivity index (χ1n) is 5.15. The Kier molecular flexibility index (Phi) is 3.80. The third kappa shape index (κ3) is 3.13. The summed E-state index contributed by atoms with van der Waals surface area (Å²) in [7, 11) is -1.70. The monoisotopic (exact) mass is 242 g/mol. The van der Waals surface area contributed by atoms with Crippen LogP contribution in [-0.4, -0.2) is 21.2 Å². The lowest BCUT2D eigenvalue weighted by atomic mass is 10.3. The van der Waals surface area contributed by atoms with E-state index in [1.54, 1.807) is 31.3 Å². The minimum Gasteiger partial charge on any atom is -0.399 e. The first kappa shape index (κ1) is 12.8. The molecular formula is C11H18N2O2S. The number of anilines is 2. The van der Waals surface area contributed by atoms with Gasteiger partial charge in [0.05, 0.1) is 11.4 Å². The van der Waals surface area contributed by atoms with Crippen molar-refractivity contribution >= 4 is 21.4 Å². The average Bonchev–Trinajstić information content (AvgIpc) is 2.14. The van der Waals surface area contributed by atoms with Gasteiger partial charge in [-0.3, -0.25) is 4.31 Å². The number of nitrogens with zero attached hydrogens (tertiary/aromatic N) is 1. The van der Waals surface area contributed by atoms with Crippen molar-refractivity contribution in [3.05, 3.63) is 24.3 Å². The molecule has 0 amide bonds. The average molecular weight is 242 g/mol. The van der Waals surface area contributed by atoms with Gasteiger partial charge in [0.1, 0.15) is 0 Å². The van der Waals surface area contributed by atoms with Gasteiger partial charge in [0.2, 0.25) is 10.0 Å². The van der Waals surface area contributed by atoms with E-state index in [0.29, 0.717) is 11.4 Å². The zero-order valence-corrected chi connectivity index (χ0v) is 10.7. The first-order chi connectivity index (χ1) is 7.33. The van der Waals surface area contributed by atoms with Crippen molar-refractivity contribution in [2.24, 2.45) is 5.92 Å². The predicted octanol–water partition coefficient (Wildman–Crippen LogP) is 1.69. The summed E-state index contributed by atoms with van der Waals surface area (Å²) >= 11 is 0. The lowest BCUT2D eigenvalue weighted by molar-refractivity contribution is 0.580. The SMILES string of the molecule is CC(C)CS(=O)(=O)N(C)c1cccc(N)c1. The van der Waals surface area contributed by atoms with Gasteiger partial charge in [0, 0.05) is 12.7 Å². The number of nitrogen functional groups attached to an aromatic ring is 1. The highest BCUT2D eigenvalue weighted by Gasteiger charge is 2.19. The van der Waals surface area contributed by atoms with E-state index in [4.69, 9.17) is 5.73 Å². The van der Waals surface area contributed by atoms with Crippen molar-refractivity contribution in [1.82, 2.24) is 0 Å². The van der Waals surface area contributed by atoms with Crippen molar-refractivity contribution in [1.29, 1.82) is 0 Å². The second-order valence-corrected chi connectivity index (χ2v) is 6.28. The Morgan fingerprint density at radius 1 is 1.38 bits per heavy atom. The standard InChI is InChI=1S/C11H18N2O2S/c1-9(2)8-16(14,15)13(3)11-6-4-5-10(12)7-11/h4-7,9H,8,12H2,1-3H3. The van der Waals surface area contributed by atoms with Crippen LogP contribution in [0.25, 0.3) is 0 Å². The van der Waals surface area contributed by atoms with Crippen LogP contribution < -0.4 is 10.0 Å². The van der Waals surface area contributed by atoms with Crippen molar-refractivity contribution < 1.29 is 8.42 Å². The molecule has 0 heterocycles. The lowest BCUT2D eigenvalue weighted by Gasteiger charge is -2.20. The fraction of sp³-hybridized carbons (Fsp3) is 0.455. The minimum absolute atomic E-state index is 0.105. The van der Waals surface area contributed by atoms with E-state index in [9.17, 15) is 8.42 Å². The van der Waals surface area contributed by atoms with Gasteiger partial charge in [-0.25, -0.2) is 8.42 Å². The van der Waals surface area contributed by atoms with Crippen molar-refractivity contribution in [2.75, 3.05) is 22.8 Å². The molecule has 2 N–H and O–H groups in total. The summed E-state index contributed by atoms with van der Waals surface area (Å²) in [5.74, 6) is 0.242. The number of nitrogens with two attached hydrogens (primary N) is 1. The Labute approximate surface area is 97.1 Å². The van der Waals surface area contributed by atoms with Gasteiger partial charge in [-0.1, -0.05) is 19.9 Å². The molecule has 0 aliphatic heterocycles. The van der Waals surface area contributed by atoms with E-state index < -0.39 is 10.0 Å². The molecule has 0 fully saturated rings. The second-order valence-electron chi connectivity index (χ2n) is 4.23. The van der Waals surface area contributed by atoms with Crippen LogP contribution in [0.2, 0.25) is 0 Å². The molecule has 5 heteroatoms. The minimum atomic E-state index is -3.25. The van der Waals surface area contributed by atoms with Crippen LogP contribution in [0.1, 0.15) is 13.8 Å². The van der Waals surface area contributed by atoms with Crippen molar-refractivity contribution in [2.45, 2.75) is 13.8 Å². The summed E-state index contributed by atoms with van der Waals surface area (Å²) in [4.78, 5) is 0. The van der Waals surface area contributed by atoms with Gasteiger partial charge >= 0.3 is 0 Å². The molecule has 90 valence electrons. The molecule has 1 rings (SSSR count). The number of hydrogen-bond donors (Lipinski definition) is 1. The first-order valence-corrected chi connectivity index (χ1v) is 6.76. The van der Waals surface area contributed by atoms with Crippen LogP contribution in [0.5, 0.6) is 0 Å². The zero-order valence-electron chi connectivity index (χ0n) is 9.84. The smallest absolute Gasteiger partial charge is 0.235 e. The molecule has 0 saturated carbocycles. The third-order valence-electron chi connectivity index (χ3n) is 2.20. The number of rotatable bonds is 4. The van der Waals surface area contributed by atoms with Crippen LogP contribution >= 0.6 is 0 Å². The van der Waals surface area contributed by atoms with E-state index in [0.717, 1.165) is 0 Å². The topological polar surface area (TPSA) is 63.4 Å². The molecule has 0 radical (unpaired) electrons. The molecule has 16 heavy (non-hydrogen) atoms. The Morgan fingerprint density at radius 3 is 2.50 bits per heavy atom. The van der Waals surface area contributed by atoms with Crippen LogP contribution in [0.15, 0.2) is 24.3 Å². The molecule has 0 bridgehead atoms. The normalized spacial score (nSPS) is 11.8. The third-order valence-corrected chi connectivity index (χ3v) is 4.33. The molecule has 0 atom stereocenters. The Bertz CT molecular complexity index is 455. The lowest BCUT2D eigenvalue weighted by Crippen LogP contribution is -2.30. The highest BCUT2D eigenvalue weighted by molar-refractivity contribution is 7.92. The maximum Gasteiger partial charge on any atom is 0.235 e. The van der Waals surface area contributed by atoms with Gasteiger partial charge < -0.3 is 5.73 Å². The number of hydrogen-bond acceptors (Lipinski definition) is 3. The van der Waals surface area contributed by atoms with E-state index in [-0.39, 0.29) is 11.7 Å². The molecule has 1 aromatic carbocycles. The highest BCUT2D eigenvalue weighted by Crippen LogP contribution is 2.20. The van der Waals surface area contributed by atoms with Gasteiger partial charge in [0.25, 0.3) is 0 Å². The maximum atomic E-state index is 11.9. The van der Waals surface area contributed by atoms with Gasteiger partial charge in [-0.2, -0.15) is 0 Å². The Morgan fingerprint density at radius 2 is 2.00 bits per heavy atom. The van der Waals surface area contributed by atoms with Gasteiger partial charge in [0.15, 0.2) is 0 Å². The summed E-state index contributed by atoms with van der Waals surface area (Å²) in [5.41, 5.74) is 6.78. The molecular weight excluding hydrogens is 224 g/mol. The summed E-state index contributed by atoms with van der Waals surface area (Å²) in [5, 5.41) is 0. The molecule has 0 aliphatic carbocycles. The maximum absolute atomic E-state index is 11.9. The number of sulfonamides is 1. The van der Waals surface area contributed by atoms with Crippen LogP contribution in [0.3, 0.4) is 0 Å². The van der Waals surface area contributed by atoms with Crippen LogP contribution in [-0.2, 0) is 10.0 Å². The molecule has 0 aliphatic rings. The van der Waals surface area contributed by atoms with Crippen LogP contribution in [0, 0.1) is 5.92 Å². The van der Waals surface area contributed by atoms with Crippen molar-refractivity contribution in [3.8, 4) is 0 Å². The molecule has 0 unspecified atom stereocenters. The molecule has 0 aromatic heterocycles. The fourth-order valence-electron chi connectivity index (χ4n) is 1.41. The van der Waals surface area contributed by atoms with E-state index in [1.807, 2.05) is 13.8 Å². The summed E-state index contributed by atoms with van der Waals surface area (Å²) in [6, 6.07) is 6.85. The molecule has 4 nitrogen and oxygen atoms in total.